The summed E-state index contributed by atoms with van der Waals surface area (Å²) in [6, 6.07) is 26.1. The monoisotopic (exact) mass is 486 g/mol. The number of fused-ring (bicyclic) bond motifs is 2. The standard InChI is InChI=1S/C28H26N2O4S/c1-19-7-12-24(13-8-19)35(32,33)30-18-27(34-26-15-20(2)9-14-25(26)30)28(31)29-17-21-10-11-22-5-3-4-6-23(22)16-21/h3-16,27H,17-18H2,1-2H3,(H,29,31). The first-order chi connectivity index (χ1) is 16.8. The Labute approximate surface area is 205 Å². The highest BCUT2D eigenvalue weighted by atomic mass is 32.2. The number of aryl methyl sites for hydroxylation is 2. The molecule has 6 nitrogen and oxygen atoms in total. The summed E-state index contributed by atoms with van der Waals surface area (Å²) in [6.45, 7) is 4.00. The smallest absolute Gasteiger partial charge is 0.264 e. The van der Waals surface area contributed by atoms with E-state index in [1.807, 2.05) is 62.4 Å². The number of benzene rings is 4. The van der Waals surface area contributed by atoms with Crippen molar-refractivity contribution >= 4 is 32.4 Å². The molecule has 0 saturated carbocycles. The lowest BCUT2D eigenvalue weighted by Crippen LogP contribution is -2.50. The number of ether oxygens (including phenoxy) is 1. The molecule has 1 amide bonds. The van der Waals surface area contributed by atoms with E-state index in [1.54, 1.807) is 36.4 Å². The number of nitrogens with one attached hydrogen (secondary N) is 1. The summed E-state index contributed by atoms with van der Waals surface area (Å²) in [6.07, 6.45) is -0.982. The van der Waals surface area contributed by atoms with Crippen molar-refractivity contribution in [1.82, 2.24) is 5.32 Å². The van der Waals surface area contributed by atoms with Gasteiger partial charge >= 0.3 is 0 Å². The van der Waals surface area contributed by atoms with Gasteiger partial charge in [-0.3, -0.25) is 9.10 Å². The van der Waals surface area contributed by atoms with Gasteiger partial charge in [-0.05, 0) is 66.1 Å². The Morgan fingerprint density at radius 3 is 2.40 bits per heavy atom. The average molecular weight is 487 g/mol. The van der Waals surface area contributed by atoms with Gasteiger partial charge in [0, 0.05) is 6.54 Å². The number of hydrogen-bond acceptors (Lipinski definition) is 4. The van der Waals surface area contributed by atoms with Gasteiger partial charge in [-0.25, -0.2) is 8.42 Å². The van der Waals surface area contributed by atoms with Crippen LogP contribution in [0.25, 0.3) is 10.8 Å². The molecule has 1 aliphatic heterocycles. The van der Waals surface area contributed by atoms with Gasteiger partial charge in [0.1, 0.15) is 5.75 Å². The molecule has 7 heteroatoms. The van der Waals surface area contributed by atoms with Crippen molar-refractivity contribution in [3.8, 4) is 5.75 Å². The first kappa shape index (κ1) is 22.9. The molecule has 4 aromatic carbocycles. The number of carbonyl (C=O) groups excluding carboxylic acids is 1. The predicted molar refractivity (Wildman–Crippen MR) is 137 cm³/mol. The van der Waals surface area contributed by atoms with Crippen molar-refractivity contribution < 1.29 is 17.9 Å². The molecular formula is C28H26N2O4S. The normalized spacial score (nSPS) is 15.4. The molecular weight excluding hydrogens is 460 g/mol. The molecule has 0 aromatic heterocycles. The second-order valence-electron chi connectivity index (χ2n) is 8.83. The summed E-state index contributed by atoms with van der Waals surface area (Å²) in [5.74, 6) is 0.00668. The Morgan fingerprint density at radius 2 is 1.63 bits per heavy atom. The Kier molecular flexibility index (Phi) is 5.94. The van der Waals surface area contributed by atoms with Crippen LogP contribution in [-0.2, 0) is 21.4 Å². The molecule has 4 aromatic rings. The summed E-state index contributed by atoms with van der Waals surface area (Å²) in [4.78, 5) is 13.3. The maximum absolute atomic E-state index is 13.6. The van der Waals surface area contributed by atoms with Crippen molar-refractivity contribution in [3.63, 3.8) is 0 Å². The van der Waals surface area contributed by atoms with Crippen molar-refractivity contribution in [2.75, 3.05) is 10.8 Å². The number of hydrogen-bond donors (Lipinski definition) is 1. The Hall–Kier alpha value is -3.84. The van der Waals surface area contributed by atoms with Crippen LogP contribution in [0.5, 0.6) is 5.75 Å². The molecule has 5 rings (SSSR count). The van der Waals surface area contributed by atoms with Crippen LogP contribution in [0.3, 0.4) is 0 Å². The fraction of sp³-hybridized carbons (Fsp3) is 0.179. The van der Waals surface area contributed by atoms with Gasteiger partial charge in [0.2, 0.25) is 0 Å². The van der Waals surface area contributed by atoms with E-state index < -0.39 is 16.1 Å². The van der Waals surface area contributed by atoms with Crippen LogP contribution in [0.4, 0.5) is 5.69 Å². The second-order valence-corrected chi connectivity index (χ2v) is 10.7. The molecule has 0 radical (unpaired) electrons. The second kappa shape index (κ2) is 9.07. The summed E-state index contributed by atoms with van der Waals surface area (Å²) in [7, 11) is -3.89. The van der Waals surface area contributed by atoms with E-state index in [4.69, 9.17) is 4.74 Å². The Balaban J connectivity index is 1.40. The number of anilines is 1. The molecule has 35 heavy (non-hydrogen) atoms. The van der Waals surface area contributed by atoms with Crippen LogP contribution in [0.15, 0.2) is 89.8 Å². The van der Waals surface area contributed by atoms with E-state index in [-0.39, 0.29) is 17.3 Å². The highest BCUT2D eigenvalue weighted by Gasteiger charge is 2.37. The lowest BCUT2D eigenvalue weighted by atomic mass is 10.1. The highest BCUT2D eigenvalue weighted by molar-refractivity contribution is 7.92. The van der Waals surface area contributed by atoms with Crippen molar-refractivity contribution in [2.24, 2.45) is 0 Å². The van der Waals surface area contributed by atoms with E-state index in [0.717, 1.165) is 27.5 Å². The Bertz CT molecular complexity index is 1510. The van der Waals surface area contributed by atoms with E-state index in [0.29, 0.717) is 18.0 Å². The predicted octanol–water partition coefficient (Wildman–Crippen LogP) is 4.73. The molecule has 0 bridgehead atoms. The molecule has 0 spiro atoms. The quantitative estimate of drug-likeness (QED) is 0.443. The first-order valence-corrected chi connectivity index (χ1v) is 12.9. The van der Waals surface area contributed by atoms with Crippen LogP contribution < -0.4 is 14.4 Å². The first-order valence-electron chi connectivity index (χ1n) is 11.4. The van der Waals surface area contributed by atoms with Gasteiger partial charge in [-0.2, -0.15) is 0 Å². The van der Waals surface area contributed by atoms with Gasteiger partial charge in [-0.15, -0.1) is 0 Å². The average Bonchev–Trinajstić information content (AvgIpc) is 2.86. The van der Waals surface area contributed by atoms with Gasteiger partial charge in [-0.1, -0.05) is 60.2 Å². The molecule has 1 heterocycles. The molecule has 1 N–H and O–H groups in total. The van der Waals surface area contributed by atoms with Crippen LogP contribution in [0.2, 0.25) is 0 Å². The van der Waals surface area contributed by atoms with E-state index in [1.165, 1.54) is 4.31 Å². The fourth-order valence-electron chi connectivity index (χ4n) is 4.21. The minimum absolute atomic E-state index is 0.115. The fourth-order valence-corrected chi connectivity index (χ4v) is 5.69. The summed E-state index contributed by atoms with van der Waals surface area (Å²) >= 11 is 0. The van der Waals surface area contributed by atoms with Crippen LogP contribution in [-0.4, -0.2) is 27.0 Å². The summed E-state index contributed by atoms with van der Waals surface area (Å²) < 4.78 is 34.4. The van der Waals surface area contributed by atoms with E-state index in [2.05, 4.69) is 5.32 Å². The minimum Gasteiger partial charge on any atom is -0.476 e. The Morgan fingerprint density at radius 1 is 0.914 bits per heavy atom. The highest BCUT2D eigenvalue weighted by Crippen LogP contribution is 2.37. The SMILES string of the molecule is Cc1ccc(S(=O)(=O)N2CC(C(=O)NCc3ccc4ccccc4c3)Oc3cc(C)ccc32)cc1. The molecule has 0 aliphatic carbocycles. The maximum Gasteiger partial charge on any atom is 0.264 e. The van der Waals surface area contributed by atoms with Gasteiger partial charge in [0.25, 0.3) is 15.9 Å². The van der Waals surface area contributed by atoms with Crippen LogP contribution >= 0.6 is 0 Å². The number of sulfonamides is 1. The zero-order chi connectivity index (χ0) is 24.6. The molecule has 178 valence electrons. The maximum atomic E-state index is 13.6. The third-order valence-electron chi connectivity index (χ3n) is 6.17. The molecule has 0 fully saturated rings. The largest absolute Gasteiger partial charge is 0.476 e. The summed E-state index contributed by atoms with van der Waals surface area (Å²) in [5, 5.41) is 5.13. The number of carbonyl (C=O) groups is 1. The topological polar surface area (TPSA) is 75.7 Å². The van der Waals surface area contributed by atoms with Gasteiger partial charge in [0.15, 0.2) is 6.10 Å². The minimum atomic E-state index is -3.89. The lowest BCUT2D eigenvalue weighted by molar-refractivity contribution is -0.127. The molecule has 1 unspecified atom stereocenters. The molecule has 0 saturated heterocycles. The zero-order valence-corrected chi connectivity index (χ0v) is 20.4. The number of rotatable bonds is 5. The van der Waals surface area contributed by atoms with Crippen LogP contribution in [0.1, 0.15) is 16.7 Å². The van der Waals surface area contributed by atoms with Crippen molar-refractivity contribution in [1.29, 1.82) is 0 Å². The molecule has 1 aliphatic rings. The zero-order valence-electron chi connectivity index (χ0n) is 19.6. The van der Waals surface area contributed by atoms with E-state index >= 15 is 0 Å². The van der Waals surface area contributed by atoms with Gasteiger partial charge < -0.3 is 10.1 Å². The van der Waals surface area contributed by atoms with Crippen molar-refractivity contribution in [3.05, 3.63) is 102 Å². The third-order valence-corrected chi connectivity index (χ3v) is 7.96. The summed E-state index contributed by atoms with van der Waals surface area (Å²) in [5.41, 5.74) is 3.25. The number of nitrogens with zero attached hydrogens (tertiary/aromatic N) is 1. The number of amides is 1. The molecule has 1 atom stereocenters. The van der Waals surface area contributed by atoms with Crippen molar-refractivity contribution in [2.45, 2.75) is 31.4 Å². The lowest BCUT2D eigenvalue weighted by Gasteiger charge is -2.35. The van der Waals surface area contributed by atoms with E-state index in [9.17, 15) is 13.2 Å². The van der Waals surface area contributed by atoms with Crippen LogP contribution in [0, 0.1) is 13.8 Å². The third kappa shape index (κ3) is 4.59. The van der Waals surface area contributed by atoms with Gasteiger partial charge in [0.05, 0.1) is 17.1 Å².